The summed E-state index contributed by atoms with van der Waals surface area (Å²) in [7, 11) is 0. The number of aromatic nitrogens is 2. The van der Waals surface area contributed by atoms with E-state index >= 15 is 0 Å². The van der Waals surface area contributed by atoms with Gasteiger partial charge in [0.15, 0.2) is 11.6 Å². The first-order valence-electron chi connectivity index (χ1n) is 9.21. The van der Waals surface area contributed by atoms with Crippen LogP contribution in [0.15, 0.2) is 73.1 Å². The Balaban J connectivity index is 1.43. The molecule has 0 N–H and O–H groups in total. The van der Waals surface area contributed by atoms with E-state index in [2.05, 4.69) is 9.97 Å². The van der Waals surface area contributed by atoms with Crippen LogP contribution in [0.2, 0.25) is 0 Å². The van der Waals surface area contributed by atoms with Crippen molar-refractivity contribution in [3.63, 3.8) is 0 Å². The second-order valence-electron chi connectivity index (χ2n) is 6.60. The van der Waals surface area contributed by atoms with Gasteiger partial charge >= 0.3 is 0 Å². The second-order valence-corrected chi connectivity index (χ2v) is 6.60. The Morgan fingerprint density at radius 1 is 0.964 bits per heavy atom. The molecule has 0 spiro atoms. The predicted octanol–water partition coefficient (Wildman–Crippen LogP) is 4.17. The first kappa shape index (κ1) is 17.8. The Morgan fingerprint density at radius 2 is 1.68 bits per heavy atom. The lowest BCUT2D eigenvalue weighted by molar-refractivity contribution is -0.117. The van der Waals surface area contributed by atoms with Crippen LogP contribution in [-0.4, -0.2) is 28.2 Å². The molecule has 2 aromatic carbocycles. The summed E-state index contributed by atoms with van der Waals surface area (Å²) in [6, 6.07) is 16.9. The number of rotatable bonds is 5. The Kier molecular flexibility index (Phi) is 5.06. The van der Waals surface area contributed by atoms with Crippen molar-refractivity contribution in [2.45, 2.75) is 12.8 Å². The van der Waals surface area contributed by atoms with Crippen molar-refractivity contribution in [2.24, 2.45) is 0 Å². The average molecular weight is 369 g/mol. The van der Waals surface area contributed by atoms with Crippen LogP contribution in [-0.2, 0) is 4.79 Å². The molecular weight excluding hydrogens is 350 g/mol. The van der Waals surface area contributed by atoms with Gasteiger partial charge in [-0.3, -0.25) is 9.59 Å². The molecule has 1 aliphatic heterocycles. The summed E-state index contributed by atoms with van der Waals surface area (Å²) in [5.41, 5.74) is 3.12. The van der Waals surface area contributed by atoms with Crippen LogP contribution in [0.3, 0.4) is 0 Å². The maximum atomic E-state index is 12.4. The summed E-state index contributed by atoms with van der Waals surface area (Å²) in [6.45, 7) is 0.741. The number of carbonyl (C=O) groups excluding carboxylic acids is 2. The molecule has 1 saturated heterocycles. The number of amides is 1. The van der Waals surface area contributed by atoms with Gasteiger partial charge in [0.25, 0.3) is 0 Å². The molecule has 5 heteroatoms. The molecule has 0 bridgehead atoms. The Bertz CT molecular complexity index is 1010. The van der Waals surface area contributed by atoms with E-state index < -0.39 is 0 Å². The summed E-state index contributed by atoms with van der Waals surface area (Å²) in [6.07, 6.45) is 8.08. The van der Waals surface area contributed by atoms with Gasteiger partial charge in [0.1, 0.15) is 0 Å². The number of ketones is 1. The molecule has 5 nitrogen and oxygen atoms in total. The molecule has 3 aromatic rings. The summed E-state index contributed by atoms with van der Waals surface area (Å²) >= 11 is 0. The molecule has 0 saturated carbocycles. The van der Waals surface area contributed by atoms with E-state index in [4.69, 9.17) is 0 Å². The first-order chi connectivity index (χ1) is 13.7. The number of carbonyl (C=O) groups is 2. The van der Waals surface area contributed by atoms with Gasteiger partial charge in [-0.05, 0) is 42.8 Å². The zero-order chi connectivity index (χ0) is 19.3. The molecule has 138 valence electrons. The van der Waals surface area contributed by atoms with Gasteiger partial charge in [-0.25, -0.2) is 9.97 Å². The van der Waals surface area contributed by atoms with E-state index in [-0.39, 0.29) is 11.7 Å². The maximum absolute atomic E-state index is 12.4. The van der Waals surface area contributed by atoms with Crippen molar-refractivity contribution < 1.29 is 9.59 Å². The van der Waals surface area contributed by atoms with Crippen molar-refractivity contribution in [3.05, 3.63) is 84.2 Å². The summed E-state index contributed by atoms with van der Waals surface area (Å²) in [4.78, 5) is 34.7. The minimum Gasteiger partial charge on any atom is -0.312 e. The lowest BCUT2D eigenvalue weighted by Gasteiger charge is -2.15. The maximum Gasteiger partial charge on any atom is 0.227 e. The van der Waals surface area contributed by atoms with Gasteiger partial charge in [0, 0.05) is 47.7 Å². The third-order valence-electron chi connectivity index (χ3n) is 4.67. The molecule has 0 unspecified atom stereocenters. The smallest absolute Gasteiger partial charge is 0.227 e. The van der Waals surface area contributed by atoms with Gasteiger partial charge in [0.05, 0.1) is 0 Å². The van der Waals surface area contributed by atoms with Crippen molar-refractivity contribution in [1.82, 2.24) is 9.97 Å². The van der Waals surface area contributed by atoms with Crippen LogP contribution in [0.25, 0.3) is 17.5 Å². The predicted molar refractivity (Wildman–Crippen MR) is 109 cm³/mol. The fourth-order valence-corrected chi connectivity index (χ4v) is 3.16. The molecule has 1 aliphatic rings. The Morgan fingerprint density at radius 3 is 2.32 bits per heavy atom. The number of hydrogen-bond acceptors (Lipinski definition) is 4. The van der Waals surface area contributed by atoms with Crippen molar-refractivity contribution in [3.8, 4) is 11.4 Å². The van der Waals surface area contributed by atoms with Crippen LogP contribution in [0, 0.1) is 0 Å². The number of benzene rings is 2. The standard InChI is InChI=1S/C23H19N3O2/c27-21(18-9-11-20(12-10-18)26-14-4-7-22(26)28)13-8-17-15-24-23(25-16-17)19-5-2-1-3-6-19/h1-3,5-6,8-13,15-16H,4,7,14H2/b13-8+. The fourth-order valence-electron chi connectivity index (χ4n) is 3.16. The summed E-state index contributed by atoms with van der Waals surface area (Å²) in [5.74, 6) is 0.681. The van der Waals surface area contributed by atoms with Gasteiger partial charge in [0.2, 0.25) is 5.91 Å². The third-order valence-corrected chi connectivity index (χ3v) is 4.67. The molecule has 0 aliphatic carbocycles. The van der Waals surface area contributed by atoms with Gasteiger partial charge in [-0.1, -0.05) is 30.3 Å². The van der Waals surface area contributed by atoms with Gasteiger partial charge in [-0.15, -0.1) is 0 Å². The van der Waals surface area contributed by atoms with E-state index in [9.17, 15) is 9.59 Å². The molecule has 1 fully saturated rings. The highest BCUT2D eigenvalue weighted by Crippen LogP contribution is 2.22. The molecule has 2 heterocycles. The van der Waals surface area contributed by atoms with Crippen LogP contribution in [0.5, 0.6) is 0 Å². The van der Waals surface area contributed by atoms with Gasteiger partial charge in [-0.2, -0.15) is 0 Å². The lowest BCUT2D eigenvalue weighted by atomic mass is 10.1. The van der Waals surface area contributed by atoms with Gasteiger partial charge < -0.3 is 4.90 Å². The van der Waals surface area contributed by atoms with Crippen LogP contribution in [0.1, 0.15) is 28.8 Å². The number of hydrogen-bond donors (Lipinski definition) is 0. The molecule has 1 amide bonds. The first-order valence-corrected chi connectivity index (χ1v) is 9.21. The van der Waals surface area contributed by atoms with E-state index in [1.165, 1.54) is 6.08 Å². The molecule has 0 radical (unpaired) electrons. The molecule has 0 atom stereocenters. The summed E-state index contributed by atoms with van der Waals surface area (Å²) < 4.78 is 0. The quantitative estimate of drug-likeness (QED) is 0.500. The van der Waals surface area contributed by atoms with E-state index in [1.54, 1.807) is 35.5 Å². The topological polar surface area (TPSA) is 63.2 Å². The largest absolute Gasteiger partial charge is 0.312 e. The highest BCUT2D eigenvalue weighted by Gasteiger charge is 2.21. The Labute approximate surface area is 163 Å². The third kappa shape index (κ3) is 3.88. The second kappa shape index (κ2) is 7.96. The van der Waals surface area contributed by atoms with Crippen molar-refractivity contribution in [1.29, 1.82) is 0 Å². The number of anilines is 1. The van der Waals surface area contributed by atoms with Crippen LogP contribution < -0.4 is 4.90 Å². The number of allylic oxidation sites excluding steroid dienone is 1. The van der Waals surface area contributed by atoms with E-state index in [0.29, 0.717) is 17.8 Å². The molecular formula is C23H19N3O2. The molecule has 1 aromatic heterocycles. The average Bonchev–Trinajstić information content (AvgIpc) is 3.19. The SMILES string of the molecule is O=C(/C=C/c1cnc(-c2ccccc2)nc1)c1ccc(N2CCCC2=O)cc1. The minimum atomic E-state index is -0.105. The normalized spacial score (nSPS) is 14.0. The molecule has 28 heavy (non-hydrogen) atoms. The van der Waals surface area contributed by atoms with Crippen LogP contribution >= 0.6 is 0 Å². The molecule has 4 rings (SSSR count). The van der Waals surface area contributed by atoms with E-state index in [0.717, 1.165) is 29.8 Å². The monoisotopic (exact) mass is 369 g/mol. The van der Waals surface area contributed by atoms with Crippen LogP contribution in [0.4, 0.5) is 5.69 Å². The lowest BCUT2D eigenvalue weighted by Crippen LogP contribution is -2.23. The number of nitrogens with zero attached hydrogens (tertiary/aromatic N) is 3. The fraction of sp³-hybridized carbons (Fsp3) is 0.130. The highest BCUT2D eigenvalue weighted by molar-refractivity contribution is 6.07. The Hall–Kier alpha value is -3.60. The van der Waals surface area contributed by atoms with Crippen molar-refractivity contribution >= 4 is 23.5 Å². The zero-order valence-electron chi connectivity index (χ0n) is 15.3. The highest BCUT2D eigenvalue weighted by atomic mass is 16.2. The summed E-state index contributed by atoms with van der Waals surface area (Å²) in [5, 5.41) is 0. The van der Waals surface area contributed by atoms with Crippen molar-refractivity contribution in [2.75, 3.05) is 11.4 Å². The zero-order valence-corrected chi connectivity index (χ0v) is 15.3. The van der Waals surface area contributed by atoms with E-state index in [1.807, 2.05) is 42.5 Å². The minimum absolute atomic E-state index is 0.105.